The molecular formula is C16H22N2O. The number of carbonyl (C=O) groups excluding carboxylic acids is 1. The first-order valence-electron chi connectivity index (χ1n) is 6.76. The molecule has 0 aromatic heterocycles. The van der Waals surface area contributed by atoms with E-state index in [-0.39, 0.29) is 5.91 Å². The van der Waals surface area contributed by atoms with Crippen LogP contribution in [-0.2, 0) is 11.3 Å². The average Bonchev–Trinajstić information content (AvgIpc) is 2.38. The van der Waals surface area contributed by atoms with Crippen LogP contribution in [-0.4, -0.2) is 5.91 Å². The summed E-state index contributed by atoms with van der Waals surface area (Å²) in [5, 5.41) is 11.7. The molecule has 0 fully saturated rings. The van der Waals surface area contributed by atoms with Gasteiger partial charge in [-0.3, -0.25) is 4.79 Å². The topological polar surface area (TPSA) is 52.9 Å². The maximum absolute atomic E-state index is 11.8. The van der Waals surface area contributed by atoms with Gasteiger partial charge in [0.25, 0.3) is 0 Å². The normalized spacial score (nSPS) is 12.0. The van der Waals surface area contributed by atoms with Crippen LogP contribution in [0.3, 0.4) is 0 Å². The molecular weight excluding hydrogens is 236 g/mol. The van der Waals surface area contributed by atoms with Crippen molar-refractivity contribution in [1.82, 2.24) is 5.32 Å². The molecule has 1 amide bonds. The van der Waals surface area contributed by atoms with E-state index in [1.165, 1.54) is 5.56 Å². The van der Waals surface area contributed by atoms with Crippen LogP contribution in [0, 0.1) is 24.2 Å². The van der Waals surface area contributed by atoms with Crippen LogP contribution in [0.5, 0.6) is 0 Å². The highest BCUT2D eigenvalue weighted by Gasteiger charge is 2.15. The predicted molar refractivity (Wildman–Crippen MR) is 76.5 cm³/mol. The molecule has 102 valence electrons. The molecule has 0 saturated heterocycles. The van der Waals surface area contributed by atoms with E-state index in [2.05, 4.69) is 37.4 Å². The number of nitrogens with zero attached hydrogens (tertiary/aromatic N) is 1. The Morgan fingerprint density at radius 1 is 1.42 bits per heavy atom. The van der Waals surface area contributed by atoms with Gasteiger partial charge in [-0.25, -0.2) is 0 Å². The van der Waals surface area contributed by atoms with Crippen LogP contribution in [0.15, 0.2) is 18.2 Å². The van der Waals surface area contributed by atoms with Gasteiger partial charge in [0, 0.05) is 6.54 Å². The standard InChI is InChI=1S/C16H22N2O/c1-5-13(9-17)16(19)18-10-15-8-14(11(2)3)7-6-12(15)4/h6-8,11,13H,5,10H2,1-4H3,(H,18,19). The Kier molecular flexibility index (Phi) is 5.57. The first-order chi connectivity index (χ1) is 8.99. The highest BCUT2D eigenvalue weighted by molar-refractivity contribution is 5.80. The van der Waals surface area contributed by atoms with E-state index in [9.17, 15) is 4.79 Å². The molecule has 1 aromatic rings. The summed E-state index contributed by atoms with van der Waals surface area (Å²) < 4.78 is 0. The van der Waals surface area contributed by atoms with Gasteiger partial charge >= 0.3 is 0 Å². The van der Waals surface area contributed by atoms with Gasteiger partial charge in [-0.15, -0.1) is 0 Å². The van der Waals surface area contributed by atoms with Crippen LogP contribution in [0.25, 0.3) is 0 Å². The monoisotopic (exact) mass is 258 g/mol. The molecule has 0 aliphatic rings. The van der Waals surface area contributed by atoms with Gasteiger partial charge in [-0.05, 0) is 36.0 Å². The first kappa shape index (κ1) is 15.2. The molecule has 0 radical (unpaired) electrons. The van der Waals surface area contributed by atoms with Crippen molar-refractivity contribution in [3.8, 4) is 6.07 Å². The molecule has 1 N–H and O–H groups in total. The number of amides is 1. The van der Waals surface area contributed by atoms with Gasteiger partial charge in [0.05, 0.1) is 6.07 Å². The number of nitrogens with one attached hydrogen (secondary N) is 1. The van der Waals surface area contributed by atoms with Gasteiger partial charge in [-0.1, -0.05) is 39.0 Å². The Bertz CT molecular complexity index is 486. The zero-order valence-electron chi connectivity index (χ0n) is 12.2. The van der Waals surface area contributed by atoms with E-state index < -0.39 is 5.92 Å². The molecule has 0 saturated carbocycles. The van der Waals surface area contributed by atoms with E-state index >= 15 is 0 Å². The van der Waals surface area contributed by atoms with Gasteiger partial charge in [-0.2, -0.15) is 5.26 Å². The van der Waals surface area contributed by atoms with Crippen molar-refractivity contribution in [3.63, 3.8) is 0 Å². The van der Waals surface area contributed by atoms with E-state index in [4.69, 9.17) is 5.26 Å². The minimum atomic E-state index is -0.548. The van der Waals surface area contributed by atoms with Gasteiger partial charge in [0.15, 0.2) is 0 Å². The lowest BCUT2D eigenvalue weighted by Gasteiger charge is -2.13. The molecule has 0 heterocycles. The number of aryl methyl sites for hydroxylation is 1. The molecule has 0 aliphatic heterocycles. The largest absolute Gasteiger partial charge is 0.351 e. The minimum Gasteiger partial charge on any atom is -0.351 e. The van der Waals surface area contributed by atoms with Crippen molar-refractivity contribution in [3.05, 3.63) is 34.9 Å². The lowest BCUT2D eigenvalue weighted by Crippen LogP contribution is -2.29. The number of hydrogen-bond acceptors (Lipinski definition) is 2. The zero-order valence-corrected chi connectivity index (χ0v) is 12.2. The zero-order chi connectivity index (χ0) is 14.4. The third-order valence-corrected chi connectivity index (χ3v) is 3.37. The number of benzene rings is 1. The van der Waals surface area contributed by atoms with Crippen LogP contribution in [0.2, 0.25) is 0 Å². The fourth-order valence-corrected chi connectivity index (χ4v) is 1.88. The summed E-state index contributed by atoms with van der Waals surface area (Å²) in [4.78, 5) is 11.8. The maximum atomic E-state index is 11.8. The Labute approximate surface area is 115 Å². The summed E-state index contributed by atoms with van der Waals surface area (Å²) in [7, 11) is 0. The molecule has 1 unspecified atom stereocenters. The third-order valence-electron chi connectivity index (χ3n) is 3.37. The van der Waals surface area contributed by atoms with Crippen molar-refractivity contribution in [2.24, 2.45) is 5.92 Å². The average molecular weight is 258 g/mol. The lowest BCUT2D eigenvalue weighted by molar-refractivity contribution is -0.123. The van der Waals surface area contributed by atoms with Crippen molar-refractivity contribution < 1.29 is 4.79 Å². The van der Waals surface area contributed by atoms with Crippen molar-refractivity contribution in [2.45, 2.75) is 46.6 Å². The molecule has 19 heavy (non-hydrogen) atoms. The number of nitriles is 1. The summed E-state index contributed by atoms with van der Waals surface area (Å²) in [6.07, 6.45) is 0.549. The Balaban J connectivity index is 2.75. The van der Waals surface area contributed by atoms with E-state index in [0.717, 1.165) is 11.1 Å². The van der Waals surface area contributed by atoms with E-state index in [1.54, 1.807) is 0 Å². The SMILES string of the molecule is CCC(C#N)C(=O)NCc1cc(C(C)C)ccc1C. The van der Waals surface area contributed by atoms with E-state index in [1.807, 2.05) is 19.9 Å². The minimum absolute atomic E-state index is 0.181. The third kappa shape index (κ3) is 4.10. The molecule has 1 atom stereocenters. The molecule has 1 aromatic carbocycles. The van der Waals surface area contributed by atoms with Crippen LogP contribution < -0.4 is 5.32 Å². The summed E-state index contributed by atoms with van der Waals surface area (Å²) in [5.74, 6) is -0.259. The Hall–Kier alpha value is -1.82. The van der Waals surface area contributed by atoms with Crippen LogP contribution >= 0.6 is 0 Å². The smallest absolute Gasteiger partial charge is 0.237 e. The Morgan fingerprint density at radius 3 is 2.63 bits per heavy atom. The summed E-state index contributed by atoms with van der Waals surface area (Å²) in [6.45, 7) is 8.67. The maximum Gasteiger partial charge on any atom is 0.237 e. The highest BCUT2D eigenvalue weighted by Crippen LogP contribution is 2.18. The van der Waals surface area contributed by atoms with Crippen molar-refractivity contribution in [2.75, 3.05) is 0 Å². The quantitative estimate of drug-likeness (QED) is 0.881. The van der Waals surface area contributed by atoms with Crippen LogP contribution in [0.4, 0.5) is 0 Å². The highest BCUT2D eigenvalue weighted by atomic mass is 16.1. The second-order valence-electron chi connectivity index (χ2n) is 5.15. The van der Waals surface area contributed by atoms with Crippen molar-refractivity contribution >= 4 is 5.91 Å². The fourth-order valence-electron chi connectivity index (χ4n) is 1.88. The van der Waals surface area contributed by atoms with Crippen LogP contribution in [0.1, 0.15) is 49.8 Å². The fraction of sp³-hybridized carbons (Fsp3) is 0.500. The van der Waals surface area contributed by atoms with Gasteiger partial charge < -0.3 is 5.32 Å². The molecule has 3 heteroatoms. The lowest BCUT2D eigenvalue weighted by atomic mass is 9.97. The van der Waals surface area contributed by atoms with Crippen molar-refractivity contribution in [1.29, 1.82) is 5.26 Å². The molecule has 1 rings (SSSR count). The first-order valence-corrected chi connectivity index (χ1v) is 6.76. The van der Waals surface area contributed by atoms with E-state index in [0.29, 0.717) is 18.9 Å². The summed E-state index contributed by atoms with van der Waals surface area (Å²) in [5.41, 5.74) is 3.55. The molecule has 3 nitrogen and oxygen atoms in total. The summed E-state index contributed by atoms with van der Waals surface area (Å²) >= 11 is 0. The van der Waals surface area contributed by atoms with Gasteiger partial charge in [0.1, 0.15) is 5.92 Å². The van der Waals surface area contributed by atoms with Gasteiger partial charge in [0.2, 0.25) is 5.91 Å². The molecule has 0 spiro atoms. The predicted octanol–water partition coefficient (Wildman–Crippen LogP) is 3.28. The number of carbonyl (C=O) groups is 1. The summed E-state index contributed by atoms with van der Waals surface area (Å²) in [6, 6.07) is 8.35. The molecule has 0 bridgehead atoms. The molecule has 0 aliphatic carbocycles. The number of rotatable bonds is 5. The number of hydrogen-bond donors (Lipinski definition) is 1. The Morgan fingerprint density at radius 2 is 2.11 bits per heavy atom. The second kappa shape index (κ2) is 6.94. The second-order valence-corrected chi connectivity index (χ2v) is 5.15.